The monoisotopic (exact) mass is 471 g/mol. The van der Waals surface area contributed by atoms with Crippen LogP contribution in [0.3, 0.4) is 0 Å². The van der Waals surface area contributed by atoms with Crippen LogP contribution in [0.1, 0.15) is 83.5 Å². The van der Waals surface area contributed by atoms with Crippen LogP contribution in [0.5, 0.6) is 0 Å². The lowest BCUT2D eigenvalue weighted by molar-refractivity contribution is -0.143. The van der Waals surface area contributed by atoms with Crippen molar-refractivity contribution in [1.82, 2.24) is 15.2 Å². The Morgan fingerprint density at radius 2 is 2.00 bits per heavy atom. The number of esters is 1. The molecule has 1 saturated carbocycles. The van der Waals surface area contributed by atoms with Crippen molar-refractivity contribution in [3.63, 3.8) is 0 Å². The molecule has 0 radical (unpaired) electrons. The number of aromatic nitrogens is 3. The van der Waals surface area contributed by atoms with E-state index in [0.29, 0.717) is 43.4 Å². The van der Waals surface area contributed by atoms with Gasteiger partial charge in [-0.2, -0.15) is 4.98 Å². The number of methoxy groups -OCH3 is 1. The number of ether oxygens (including phenoxy) is 2. The normalized spacial score (nSPS) is 15.4. The fourth-order valence-corrected chi connectivity index (χ4v) is 4.70. The van der Waals surface area contributed by atoms with Gasteiger partial charge in [0, 0.05) is 19.7 Å². The van der Waals surface area contributed by atoms with Crippen LogP contribution in [0.25, 0.3) is 0 Å². The molecule has 8 heteroatoms. The van der Waals surface area contributed by atoms with Gasteiger partial charge >= 0.3 is 5.97 Å². The van der Waals surface area contributed by atoms with Crippen LogP contribution in [0.2, 0.25) is 0 Å². The molecule has 34 heavy (non-hydrogen) atoms. The van der Waals surface area contributed by atoms with Gasteiger partial charge in [0.05, 0.1) is 24.4 Å². The van der Waals surface area contributed by atoms with Gasteiger partial charge in [0.1, 0.15) is 6.61 Å². The summed E-state index contributed by atoms with van der Waals surface area (Å²) in [7, 11) is 1.64. The SMILES string of the molecule is CCOC(=O)C[C@@H](C)c1ccc(N(CC(C)C)C2CCCCC2)c(Nc2n[nH]c(COC)n2)c1. The maximum Gasteiger partial charge on any atom is 0.306 e. The third-order valence-electron chi connectivity index (χ3n) is 6.31. The zero-order chi connectivity index (χ0) is 24.5. The molecule has 0 amide bonds. The average Bonchev–Trinajstić information content (AvgIpc) is 3.25. The first-order chi connectivity index (χ1) is 16.4. The summed E-state index contributed by atoms with van der Waals surface area (Å²) in [6, 6.07) is 7.01. The van der Waals surface area contributed by atoms with Gasteiger partial charge in [-0.05, 0) is 49.3 Å². The van der Waals surface area contributed by atoms with Gasteiger partial charge in [-0.25, -0.2) is 0 Å². The van der Waals surface area contributed by atoms with Crippen molar-refractivity contribution in [2.24, 2.45) is 5.92 Å². The summed E-state index contributed by atoms with van der Waals surface area (Å²) in [5, 5.41) is 10.7. The first-order valence-electron chi connectivity index (χ1n) is 12.6. The Kier molecular flexibility index (Phi) is 9.74. The van der Waals surface area contributed by atoms with Gasteiger partial charge in [-0.15, -0.1) is 5.10 Å². The Morgan fingerprint density at radius 3 is 2.68 bits per heavy atom. The van der Waals surface area contributed by atoms with Crippen LogP contribution >= 0.6 is 0 Å². The van der Waals surface area contributed by atoms with Crippen molar-refractivity contribution in [3.05, 3.63) is 29.6 Å². The fourth-order valence-electron chi connectivity index (χ4n) is 4.70. The molecule has 0 spiro atoms. The first-order valence-corrected chi connectivity index (χ1v) is 12.6. The predicted octanol–water partition coefficient (Wildman–Crippen LogP) is 5.55. The lowest BCUT2D eigenvalue weighted by atomic mass is 9.92. The number of benzene rings is 1. The summed E-state index contributed by atoms with van der Waals surface area (Å²) in [5.74, 6) is 1.59. The molecule has 1 aromatic carbocycles. The van der Waals surface area contributed by atoms with Crippen LogP contribution in [0.4, 0.5) is 17.3 Å². The lowest BCUT2D eigenvalue weighted by Gasteiger charge is -2.38. The first kappa shape index (κ1) is 26.0. The number of aromatic amines is 1. The van der Waals surface area contributed by atoms with Gasteiger partial charge in [0.25, 0.3) is 0 Å². The molecule has 1 aromatic heterocycles. The summed E-state index contributed by atoms with van der Waals surface area (Å²) < 4.78 is 10.3. The number of rotatable bonds is 12. The summed E-state index contributed by atoms with van der Waals surface area (Å²) in [6.07, 6.45) is 6.65. The Balaban J connectivity index is 1.95. The molecule has 0 saturated heterocycles. The largest absolute Gasteiger partial charge is 0.466 e. The summed E-state index contributed by atoms with van der Waals surface area (Å²) in [5.41, 5.74) is 3.20. The Labute approximate surface area is 203 Å². The fraction of sp³-hybridized carbons (Fsp3) is 0.654. The molecule has 1 atom stereocenters. The molecule has 0 bridgehead atoms. The standard InChI is InChI=1S/C26H41N5O3/c1-6-34-25(32)14-19(4)20-12-13-23(31(16-18(2)3)21-10-8-7-9-11-21)22(15-20)27-26-28-24(17-33-5)29-30-26/h12-13,15,18-19,21H,6-11,14,16-17H2,1-5H3,(H2,27,28,29,30)/t19-/m1/s1. The van der Waals surface area contributed by atoms with E-state index >= 15 is 0 Å². The van der Waals surface area contributed by atoms with E-state index in [1.54, 1.807) is 7.11 Å². The summed E-state index contributed by atoms with van der Waals surface area (Å²) >= 11 is 0. The second-order valence-corrected chi connectivity index (χ2v) is 9.69. The highest BCUT2D eigenvalue weighted by molar-refractivity contribution is 5.76. The zero-order valence-corrected chi connectivity index (χ0v) is 21.4. The van der Waals surface area contributed by atoms with E-state index in [1.165, 1.54) is 32.1 Å². The molecular formula is C26H41N5O3. The molecule has 1 heterocycles. The molecule has 1 aliphatic carbocycles. The van der Waals surface area contributed by atoms with Crippen LogP contribution in [0.15, 0.2) is 18.2 Å². The van der Waals surface area contributed by atoms with Crippen LogP contribution in [0, 0.1) is 5.92 Å². The average molecular weight is 472 g/mol. The number of carbonyl (C=O) groups is 1. The highest BCUT2D eigenvalue weighted by Crippen LogP contribution is 2.37. The van der Waals surface area contributed by atoms with E-state index in [2.05, 4.69) is 64.4 Å². The lowest BCUT2D eigenvalue weighted by Crippen LogP contribution is -2.39. The molecule has 0 aliphatic heterocycles. The molecule has 2 aromatic rings. The van der Waals surface area contributed by atoms with E-state index in [1.807, 2.05) is 6.92 Å². The molecule has 1 fully saturated rings. The van der Waals surface area contributed by atoms with Crippen LogP contribution < -0.4 is 10.2 Å². The second kappa shape index (κ2) is 12.7. The molecule has 188 valence electrons. The van der Waals surface area contributed by atoms with Gasteiger partial charge in [-0.1, -0.05) is 46.1 Å². The summed E-state index contributed by atoms with van der Waals surface area (Å²) in [6.45, 7) is 10.2. The number of H-pyrrole nitrogens is 1. The number of nitrogens with one attached hydrogen (secondary N) is 2. The predicted molar refractivity (Wildman–Crippen MR) is 136 cm³/mol. The maximum absolute atomic E-state index is 12.1. The number of carbonyl (C=O) groups excluding carboxylic acids is 1. The number of hydrogen-bond donors (Lipinski definition) is 2. The number of nitrogens with zero attached hydrogens (tertiary/aromatic N) is 3. The van der Waals surface area contributed by atoms with E-state index in [0.717, 1.165) is 23.5 Å². The van der Waals surface area contributed by atoms with Crippen molar-refractivity contribution in [2.75, 3.05) is 30.5 Å². The Morgan fingerprint density at radius 1 is 1.24 bits per heavy atom. The van der Waals surface area contributed by atoms with E-state index in [-0.39, 0.29) is 11.9 Å². The van der Waals surface area contributed by atoms with Gasteiger partial charge in [0.2, 0.25) is 5.95 Å². The maximum atomic E-state index is 12.1. The Bertz CT molecular complexity index is 908. The van der Waals surface area contributed by atoms with Crippen molar-refractivity contribution in [1.29, 1.82) is 0 Å². The van der Waals surface area contributed by atoms with E-state index in [9.17, 15) is 4.79 Å². The smallest absolute Gasteiger partial charge is 0.306 e. The van der Waals surface area contributed by atoms with Crippen LogP contribution in [-0.4, -0.2) is 47.5 Å². The summed E-state index contributed by atoms with van der Waals surface area (Å²) in [4.78, 5) is 19.2. The van der Waals surface area contributed by atoms with Crippen molar-refractivity contribution in [2.45, 2.75) is 84.8 Å². The van der Waals surface area contributed by atoms with Crippen LogP contribution in [-0.2, 0) is 20.9 Å². The zero-order valence-electron chi connectivity index (χ0n) is 21.4. The quantitative estimate of drug-likeness (QED) is 0.392. The van der Waals surface area contributed by atoms with E-state index < -0.39 is 0 Å². The Hall–Kier alpha value is -2.61. The molecule has 0 unspecified atom stereocenters. The second-order valence-electron chi connectivity index (χ2n) is 9.69. The minimum atomic E-state index is -0.171. The third-order valence-corrected chi connectivity index (χ3v) is 6.31. The van der Waals surface area contributed by atoms with Gasteiger partial charge in [0.15, 0.2) is 5.82 Å². The highest BCUT2D eigenvalue weighted by atomic mass is 16.5. The van der Waals surface area contributed by atoms with E-state index in [4.69, 9.17) is 9.47 Å². The number of hydrogen-bond acceptors (Lipinski definition) is 7. The topological polar surface area (TPSA) is 92.4 Å². The van der Waals surface area contributed by atoms with Gasteiger partial charge < -0.3 is 19.7 Å². The number of anilines is 3. The molecule has 2 N–H and O–H groups in total. The minimum absolute atomic E-state index is 0.0399. The molecule has 3 rings (SSSR count). The van der Waals surface area contributed by atoms with Crippen molar-refractivity contribution < 1.29 is 14.3 Å². The molecule has 8 nitrogen and oxygen atoms in total. The molecular weight excluding hydrogens is 430 g/mol. The van der Waals surface area contributed by atoms with Crippen molar-refractivity contribution >= 4 is 23.3 Å². The molecule has 1 aliphatic rings. The third kappa shape index (κ3) is 7.19. The minimum Gasteiger partial charge on any atom is -0.466 e. The van der Waals surface area contributed by atoms with Gasteiger partial charge in [-0.3, -0.25) is 9.89 Å². The highest BCUT2D eigenvalue weighted by Gasteiger charge is 2.25. The van der Waals surface area contributed by atoms with Crippen molar-refractivity contribution in [3.8, 4) is 0 Å².